The summed E-state index contributed by atoms with van der Waals surface area (Å²) in [6.45, 7) is 0.252. The maximum atomic E-state index is 12.8. The third kappa shape index (κ3) is 3.10. The largest absolute Gasteiger partial charge is 0.507 e. The van der Waals surface area contributed by atoms with Gasteiger partial charge in [0.15, 0.2) is 0 Å². The Balaban J connectivity index is 1.84. The summed E-state index contributed by atoms with van der Waals surface area (Å²) >= 11 is 1.49. The molecule has 0 bridgehead atoms. The van der Waals surface area contributed by atoms with Gasteiger partial charge in [-0.2, -0.15) is 0 Å². The molecule has 142 valence electrons. The van der Waals surface area contributed by atoms with Gasteiger partial charge in [-0.25, -0.2) is 0 Å². The zero-order valence-electron chi connectivity index (χ0n) is 15.0. The Kier molecular flexibility index (Phi) is 4.75. The van der Waals surface area contributed by atoms with Crippen molar-refractivity contribution in [2.24, 2.45) is 0 Å². The molecule has 2 aromatic heterocycles. The number of hydrogen-bond donors (Lipinski definition) is 1. The molecule has 4 rings (SSSR count). The number of Topliss-reactive ketones (excluding diaryl/α,β-unsaturated/α-hetero) is 1. The van der Waals surface area contributed by atoms with Gasteiger partial charge in [0.05, 0.1) is 25.5 Å². The van der Waals surface area contributed by atoms with E-state index in [0.29, 0.717) is 17.1 Å². The van der Waals surface area contributed by atoms with Crippen molar-refractivity contribution in [2.75, 3.05) is 7.11 Å². The van der Waals surface area contributed by atoms with Gasteiger partial charge in [0, 0.05) is 10.4 Å². The van der Waals surface area contributed by atoms with Crippen LogP contribution in [0.3, 0.4) is 0 Å². The average Bonchev–Trinajstić information content (AvgIpc) is 3.46. The molecule has 1 fully saturated rings. The Morgan fingerprint density at radius 1 is 1.21 bits per heavy atom. The van der Waals surface area contributed by atoms with Gasteiger partial charge in [0.25, 0.3) is 11.7 Å². The van der Waals surface area contributed by atoms with Crippen molar-refractivity contribution in [3.8, 4) is 5.75 Å². The number of ketones is 1. The molecule has 1 amide bonds. The van der Waals surface area contributed by atoms with E-state index in [0.717, 1.165) is 4.88 Å². The molecule has 1 aliphatic rings. The smallest absolute Gasteiger partial charge is 0.296 e. The Bertz CT molecular complexity index is 1040. The van der Waals surface area contributed by atoms with Crippen LogP contribution in [0.15, 0.2) is 70.2 Å². The lowest BCUT2D eigenvalue weighted by Gasteiger charge is -2.22. The van der Waals surface area contributed by atoms with E-state index in [1.807, 2.05) is 17.5 Å². The fourth-order valence-corrected chi connectivity index (χ4v) is 3.98. The maximum absolute atomic E-state index is 12.8. The highest BCUT2D eigenvalue weighted by Gasteiger charge is 2.47. The summed E-state index contributed by atoms with van der Waals surface area (Å²) in [6.07, 6.45) is 1.48. The van der Waals surface area contributed by atoms with Crippen molar-refractivity contribution in [1.29, 1.82) is 0 Å². The van der Waals surface area contributed by atoms with Gasteiger partial charge in [-0.15, -0.1) is 11.3 Å². The van der Waals surface area contributed by atoms with E-state index in [1.165, 1.54) is 29.6 Å². The van der Waals surface area contributed by atoms with Crippen LogP contribution in [-0.4, -0.2) is 28.8 Å². The van der Waals surface area contributed by atoms with Crippen molar-refractivity contribution < 1.29 is 23.8 Å². The summed E-state index contributed by atoms with van der Waals surface area (Å²) in [4.78, 5) is 28.0. The van der Waals surface area contributed by atoms with Crippen LogP contribution in [0, 0.1) is 0 Å². The van der Waals surface area contributed by atoms with Crippen LogP contribution in [0.2, 0.25) is 0 Å². The van der Waals surface area contributed by atoms with E-state index in [1.54, 1.807) is 36.4 Å². The molecule has 3 heterocycles. The molecule has 6 nitrogen and oxygen atoms in total. The molecule has 1 aromatic carbocycles. The number of thiophene rings is 1. The summed E-state index contributed by atoms with van der Waals surface area (Å²) in [6, 6.07) is 13.1. The Labute approximate surface area is 165 Å². The summed E-state index contributed by atoms with van der Waals surface area (Å²) in [7, 11) is 1.52. The first-order valence-electron chi connectivity index (χ1n) is 8.58. The van der Waals surface area contributed by atoms with Crippen LogP contribution >= 0.6 is 11.3 Å². The highest BCUT2D eigenvalue weighted by atomic mass is 32.1. The van der Waals surface area contributed by atoms with E-state index in [9.17, 15) is 14.7 Å². The van der Waals surface area contributed by atoms with Crippen LogP contribution in [0.5, 0.6) is 5.75 Å². The number of carbonyl (C=O) groups is 2. The standard InChI is InChI=1S/C21H17NO5S/c1-26-14-6-2-5-13(11-14)19(23)17-18(16-8-3-9-27-16)22(21(25)20(17)24)12-15-7-4-10-28-15/h2-11,18,23H,12H2,1H3/b19-17+. The van der Waals surface area contributed by atoms with Crippen molar-refractivity contribution in [1.82, 2.24) is 4.90 Å². The third-order valence-corrected chi connectivity index (χ3v) is 5.46. The van der Waals surface area contributed by atoms with E-state index < -0.39 is 17.7 Å². The zero-order chi connectivity index (χ0) is 19.7. The molecule has 0 radical (unpaired) electrons. The first-order valence-corrected chi connectivity index (χ1v) is 9.46. The first kappa shape index (κ1) is 18.1. The predicted molar refractivity (Wildman–Crippen MR) is 104 cm³/mol. The molecule has 1 saturated heterocycles. The van der Waals surface area contributed by atoms with Crippen LogP contribution in [-0.2, 0) is 16.1 Å². The lowest BCUT2D eigenvalue weighted by Crippen LogP contribution is -2.28. The van der Waals surface area contributed by atoms with Gasteiger partial charge in [0.1, 0.15) is 23.3 Å². The van der Waals surface area contributed by atoms with E-state index in [-0.39, 0.29) is 17.9 Å². The first-order chi connectivity index (χ1) is 13.6. The minimum absolute atomic E-state index is 0.00441. The molecule has 0 saturated carbocycles. The second-order valence-corrected chi connectivity index (χ2v) is 7.29. The number of aliphatic hydroxyl groups is 1. The number of furan rings is 1. The zero-order valence-corrected chi connectivity index (χ0v) is 15.8. The molecule has 1 unspecified atom stereocenters. The number of rotatable bonds is 5. The number of likely N-dealkylation sites (tertiary alicyclic amines) is 1. The molecule has 7 heteroatoms. The van der Waals surface area contributed by atoms with Gasteiger partial charge >= 0.3 is 0 Å². The molecule has 3 aromatic rings. The Hall–Kier alpha value is -3.32. The minimum Gasteiger partial charge on any atom is -0.507 e. The van der Waals surface area contributed by atoms with E-state index >= 15 is 0 Å². The second kappa shape index (κ2) is 7.36. The van der Waals surface area contributed by atoms with Crippen LogP contribution in [0.4, 0.5) is 0 Å². The molecule has 1 N–H and O–H groups in total. The number of amides is 1. The van der Waals surface area contributed by atoms with Gasteiger partial charge in [-0.1, -0.05) is 18.2 Å². The van der Waals surface area contributed by atoms with Gasteiger partial charge in [-0.05, 0) is 35.7 Å². The molecule has 28 heavy (non-hydrogen) atoms. The molecular formula is C21H17NO5S. The quantitative estimate of drug-likeness (QED) is 0.402. The summed E-state index contributed by atoms with van der Waals surface area (Å²) in [5.41, 5.74) is 0.398. The number of carbonyl (C=O) groups excluding carboxylic acids is 2. The average molecular weight is 395 g/mol. The summed E-state index contributed by atoms with van der Waals surface area (Å²) < 4.78 is 10.7. The number of nitrogens with zero attached hydrogens (tertiary/aromatic N) is 1. The van der Waals surface area contributed by atoms with Crippen LogP contribution in [0.25, 0.3) is 5.76 Å². The lowest BCUT2D eigenvalue weighted by atomic mass is 9.99. The van der Waals surface area contributed by atoms with Crippen molar-refractivity contribution in [3.05, 3.63) is 81.9 Å². The van der Waals surface area contributed by atoms with Gasteiger partial charge in [0.2, 0.25) is 0 Å². The highest BCUT2D eigenvalue weighted by molar-refractivity contribution is 7.09. The van der Waals surface area contributed by atoms with Crippen molar-refractivity contribution in [2.45, 2.75) is 12.6 Å². The number of ether oxygens (including phenoxy) is 1. The van der Waals surface area contributed by atoms with E-state index in [4.69, 9.17) is 9.15 Å². The normalized spacial score (nSPS) is 18.6. The number of hydrogen-bond acceptors (Lipinski definition) is 6. The SMILES string of the molecule is COc1cccc(/C(O)=C2\C(=O)C(=O)N(Cc3cccs3)C2c2ccco2)c1. The molecule has 1 aliphatic heterocycles. The fraction of sp³-hybridized carbons (Fsp3) is 0.143. The number of methoxy groups -OCH3 is 1. The molecule has 0 aliphatic carbocycles. The maximum Gasteiger partial charge on any atom is 0.296 e. The van der Waals surface area contributed by atoms with Gasteiger partial charge in [-0.3, -0.25) is 9.59 Å². The Morgan fingerprint density at radius 2 is 2.07 bits per heavy atom. The summed E-state index contributed by atoms with van der Waals surface area (Å²) in [5.74, 6) is -0.712. The highest BCUT2D eigenvalue weighted by Crippen LogP contribution is 2.41. The predicted octanol–water partition coefficient (Wildman–Crippen LogP) is 3.97. The van der Waals surface area contributed by atoms with E-state index in [2.05, 4.69) is 0 Å². The molecule has 0 spiro atoms. The number of aliphatic hydroxyl groups excluding tert-OH is 1. The number of benzene rings is 1. The van der Waals surface area contributed by atoms with Crippen LogP contribution in [0.1, 0.15) is 22.2 Å². The fourth-order valence-electron chi connectivity index (χ4n) is 3.28. The Morgan fingerprint density at radius 3 is 2.75 bits per heavy atom. The van der Waals surface area contributed by atoms with Crippen molar-refractivity contribution in [3.63, 3.8) is 0 Å². The van der Waals surface area contributed by atoms with Crippen molar-refractivity contribution >= 4 is 28.8 Å². The summed E-state index contributed by atoms with van der Waals surface area (Å²) in [5, 5.41) is 12.8. The lowest BCUT2D eigenvalue weighted by molar-refractivity contribution is -0.140. The third-order valence-electron chi connectivity index (χ3n) is 4.60. The monoisotopic (exact) mass is 395 g/mol. The minimum atomic E-state index is -0.802. The van der Waals surface area contributed by atoms with Gasteiger partial charge < -0.3 is 19.2 Å². The van der Waals surface area contributed by atoms with Crippen LogP contribution < -0.4 is 4.74 Å². The molecule has 1 atom stereocenters. The molecular weight excluding hydrogens is 378 g/mol. The topological polar surface area (TPSA) is 80.0 Å². The second-order valence-electron chi connectivity index (χ2n) is 6.25.